The summed E-state index contributed by atoms with van der Waals surface area (Å²) in [6.45, 7) is 0. The van der Waals surface area contributed by atoms with Crippen molar-refractivity contribution in [2.45, 2.75) is 0 Å². The van der Waals surface area contributed by atoms with Crippen molar-refractivity contribution in [3.8, 4) is 6.07 Å². The number of para-hydroxylation sites is 1. The second-order valence-electron chi connectivity index (χ2n) is 4.84. The average molecular weight is 305 g/mol. The van der Waals surface area contributed by atoms with Gasteiger partial charge in [-0.3, -0.25) is 9.69 Å². The highest BCUT2D eigenvalue weighted by Crippen LogP contribution is 2.16. The van der Waals surface area contributed by atoms with Crippen LogP contribution in [-0.4, -0.2) is 17.9 Å². The molecule has 3 aromatic rings. The van der Waals surface area contributed by atoms with E-state index in [0.29, 0.717) is 11.0 Å². The summed E-state index contributed by atoms with van der Waals surface area (Å²) in [7, 11) is 1.49. The minimum atomic E-state index is -0.711. The predicted molar refractivity (Wildman–Crippen MR) is 84.2 cm³/mol. The summed E-state index contributed by atoms with van der Waals surface area (Å²) < 4.78 is 5.17. The third-order valence-electron chi connectivity index (χ3n) is 3.37. The number of fused-ring (bicyclic) bond motifs is 1. The molecule has 0 saturated carbocycles. The molecular weight excluding hydrogens is 294 g/mol. The Bertz CT molecular complexity index is 1000. The standard InChI is InChI=1S/C17H11N3O3/c1-20(15-8-4-6-12(10-18)19-15)16(21)13-9-11-5-2-3-7-14(11)23-17(13)22/h2-9H,1H3. The second kappa shape index (κ2) is 5.73. The van der Waals surface area contributed by atoms with Gasteiger partial charge in [-0.05, 0) is 24.3 Å². The van der Waals surface area contributed by atoms with Gasteiger partial charge in [-0.15, -0.1) is 0 Å². The zero-order valence-electron chi connectivity index (χ0n) is 12.2. The molecule has 0 aliphatic rings. The van der Waals surface area contributed by atoms with Crippen LogP contribution in [0.3, 0.4) is 0 Å². The molecule has 2 heterocycles. The summed E-state index contributed by atoms with van der Waals surface area (Å²) in [4.78, 5) is 29.9. The number of pyridine rings is 1. The molecule has 0 aliphatic heterocycles. The number of rotatable bonds is 2. The highest BCUT2D eigenvalue weighted by atomic mass is 16.4. The number of aromatic nitrogens is 1. The molecule has 1 amide bonds. The quantitative estimate of drug-likeness (QED) is 0.678. The Hall–Kier alpha value is -3.46. The van der Waals surface area contributed by atoms with Crippen molar-refractivity contribution in [2.75, 3.05) is 11.9 Å². The Morgan fingerprint density at radius 2 is 2.00 bits per heavy atom. The van der Waals surface area contributed by atoms with E-state index in [1.165, 1.54) is 24.1 Å². The zero-order valence-corrected chi connectivity index (χ0v) is 12.2. The first-order valence-electron chi connectivity index (χ1n) is 6.78. The molecule has 112 valence electrons. The third kappa shape index (κ3) is 2.68. The summed E-state index contributed by atoms with van der Waals surface area (Å²) in [5.74, 6) is -0.270. The third-order valence-corrected chi connectivity index (χ3v) is 3.37. The van der Waals surface area contributed by atoms with Gasteiger partial charge in [-0.25, -0.2) is 9.78 Å². The Morgan fingerprint density at radius 3 is 2.78 bits per heavy atom. The lowest BCUT2D eigenvalue weighted by Gasteiger charge is -2.15. The zero-order chi connectivity index (χ0) is 16.4. The Morgan fingerprint density at radius 1 is 1.22 bits per heavy atom. The molecule has 0 spiro atoms. The first-order valence-corrected chi connectivity index (χ1v) is 6.78. The van der Waals surface area contributed by atoms with Crippen molar-refractivity contribution >= 4 is 22.7 Å². The van der Waals surface area contributed by atoms with Gasteiger partial charge >= 0.3 is 5.63 Å². The molecule has 0 fully saturated rings. The molecule has 23 heavy (non-hydrogen) atoms. The van der Waals surface area contributed by atoms with Gasteiger partial charge < -0.3 is 4.42 Å². The van der Waals surface area contributed by atoms with Crippen molar-refractivity contribution in [1.82, 2.24) is 4.98 Å². The summed E-state index contributed by atoms with van der Waals surface area (Å²) in [6.07, 6.45) is 0. The second-order valence-corrected chi connectivity index (χ2v) is 4.84. The van der Waals surface area contributed by atoms with E-state index in [1.807, 2.05) is 6.07 Å². The van der Waals surface area contributed by atoms with Crippen LogP contribution in [0.25, 0.3) is 11.0 Å². The van der Waals surface area contributed by atoms with Crippen molar-refractivity contribution in [3.05, 3.63) is 70.2 Å². The van der Waals surface area contributed by atoms with Gasteiger partial charge in [-0.1, -0.05) is 24.3 Å². The molecule has 0 bridgehead atoms. The molecule has 0 saturated heterocycles. The van der Waals surface area contributed by atoms with Gasteiger partial charge in [-0.2, -0.15) is 5.26 Å². The van der Waals surface area contributed by atoms with Crippen molar-refractivity contribution < 1.29 is 9.21 Å². The number of hydrogen-bond acceptors (Lipinski definition) is 5. The fraction of sp³-hybridized carbons (Fsp3) is 0.0588. The maximum Gasteiger partial charge on any atom is 0.349 e. The van der Waals surface area contributed by atoms with E-state index >= 15 is 0 Å². The van der Waals surface area contributed by atoms with Gasteiger partial charge in [0.05, 0.1) is 0 Å². The largest absolute Gasteiger partial charge is 0.422 e. The predicted octanol–water partition coefficient (Wildman–Crippen LogP) is 2.34. The summed E-state index contributed by atoms with van der Waals surface area (Å²) in [5.41, 5.74) is -0.193. The molecule has 0 unspecified atom stereocenters. The van der Waals surface area contributed by atoms with Crippen LogP contribution in [0.2, 0.25) is 0 Å². The maximum atomic E-state index is 12.6. The molecular formula is C17H11N3O3. The van der Waals surface area contributed by atoms with Crippen LogP contribution in [-0.2, 0) is 0 Å². The molecule has 0 N–H and O–H groups in total. The lowest BCUT2D eigenvalue weighted by molar-refractivity contribution is 0.0989. The lowest BCUT2D eigenvalue weighted by Crippen LogP contribution is -2.31. The minimum absolute atomic E-state index is 0.0876. The molecule has 2 aromatic heterocycles. The lowest BCUT2D eigenvalue weighted by atomic mass is 10.1. The number of carbonyl (C=O) groups is 1. The van der Waals surface area contributed by atoms with Crippen molar-refractivity contribution in [1.29, 1.82) is 5.26 Å². The summed E-state index contributed by atoms with van der Waals surface area (Å²) >= 11 is 0. The van der Waals surface area contributed by atoms with Crippen molar-refractivity contribution in [3.63, 3.8) is 0 Å². The number of carbonyl (C=O) groups excluding carboxylic acids is 1. The van der Waals surface area contributed by atoms with Gasteiger partial charge in [0.1, 0.15) is 28.7 Å². The first kappa shape index (κ1) is 14.5. The van der Waals surface area contributed by atoms with Crippen LogP contribution in [0, 0.1) is 11.3 Å². The fourth-order valence-corrected chi connectivity index (χ4v) is 2.17. The van der Waals surface area contributed by atoms with Gasteiger partial charge in [0.2, 0.25) is 0 Å². The van der Waals surface area contributed by atoms with Crippen molar-refractivity contribution in [2.24, 2.45) is 0 Å². The smallest absolute Gasteiger partial charge is 0.349 e. The monoisotopic (exact) mass is 305 g/mol. The summed E-state index contributed by atoms with van der Waals surface area (Å²) in [5, 5.41) is 9.54. The number of hydrogen-bond donors (Lipinski definition) is 0. The Labute approximate surface area is 131 Å². The normalized spacial score (nSPS) is 10.3. The minimum Gasteiger partial charge on any atom is -0.422 e. The van der Waals surface area contributed by atoms with Gasteiger partial charge in [0.25, 0.3) is 5.91 Å². The van der Waals surface area contributed by atoms with Crippen LogP contribution < -0.4 is 10.5 Å². The van der Waals surface area contributed by atoms with Gasteiger partial charge in [0.15, 0.2) is 0 Å². The molecule has 3 rings (SSSR count). The number of anilines is 1. The van der Waals surface area contributed by atoms with E-state index in [1.54, 1.807) is 36.4 Å². The number of benzene rings is 1. The van der Waals surface area contributed by atoms with E-state index in [4.69, 9.17) is 9.68 Å². The molecule has 6 heteroatoms. The number of nitriles is 1. The fourth-order valence-electron chi connectivity index (χ4n) is 2.17. The van der Waals surface area contributed by atoms with E-state index in [0.717, 1.165) is 0 Å². The highest BCUT2D eigenvalue weighted by Gasteiger charge is 2.20. The topological polar surface area (TPSA) is 87.2 Å². The summed E-state index contributed by atoms with van der Waals surface area (Å²) in [6, 6.07) is 15.1. The molecule has 0 radical (unpaired) electrons. The Balaban J connectivity index is 2.04. The van der Waals surface area contributed by atoms with E-state index < -0.39 is 11.5 Å². The highest BCUT2D eigenvalue weighted by molar-refractivity contribution is 6.06. The SMILES string of the molecule is CN(C(=O)c1cc2ccccc2oc1=O)c1cccc(C#N)n1. The van der Waals surface area contributed by atoms with E-state index in [9.17, 15) is 9.59 Å². The molecule has 0 aliphatic carbocycles. The molecule has 6 nitrogen and oxygen atoms in total. The number of amides is 1. The van der Waals surface area contributed by atoms with Gasteiger partial charge in [0, 0.05) is 12.4 Å². The van der Waals surface area contributed by atoms with Crippen LogP contribution in [0.4, 0.5) is 5.82 Å². The maximum absolute atomic E-state index is 12.6. The van der Waals surface area contributed by atoms with E-state index in [-0.39, 0.29) is 17.1 Å². The molecule has 1 aromatic carbocycles. The van der Waals surface area contributed by atoms with E-state index in [2.05, 4.69) is 4.98 Å². The average Bonchev–Trinajstić information content (AvgIpc) is 2.60. The van der Waals surface area contributed by atoms with Crippen LogP contribution >= 0.6 is 0 Å². The van der Waals surface area contributed by atoms with Crippen LogP contribution in [0.5, 0.6) is 0 Å². The van der Waals surface area contributed by atoms with Crippen LogP contribution in [0.15, 0.2) is 57.7 Å². The Kier molecular flexibility index (Phi) is 3.61. The number of nitrogens with zero attached hydrogens (tertiary/aromatic N) is 3. The van der Waals surface area contributed by atoms with Crippen LogP contribution in [0.1, 0.15) is 16.1 Å². The first-order chi connectivity index (χ1) is 11.1. The molecule has 0 atom stereocenters.